The molecular weight excluding hydrogens is 337 g/mol. The topological polar surface area (TPSA) is 75.6 Å². The molecule has 0 spiro atoms. The molecule has 2 aromatic rings. The highest BCUT2D eigenvalue weighted by Crippen LogP contribution is 2.47. The Morgan fingerprint density at radius 3 is 2.62 bits per heavy atom. The summed E-state index contributed by atoms with van der Waals surface area (Å²) in [7, 11) is 1.49. The van der Waals surface area contributed by atoms with Crippen LogP contribution in [0.25, 0.3) is 0 Å². The van der Waals surface area contributed by atoms with E-state index in [-0.39, 0.29) is 29.1 Å². The number of carboxylic acids is 1. The average molecular weight is 357 g/mol. The number of carbonyl (C=O) groups is 2. The van der Waals surface area contributed by atoms with E-state index in [9.17, 15) is 14.0 Å². The third-order valence-corrected chi connectivity index (χ3v) is 4.65. The van der Waals surface area contributed by atoms with E-state index in [0.29, 0.717) is 18.7 Å². The number of hydrogen-bond donors (Lipinski definition) is 2. The van der Waals surface area contributed by atoms with Crippen LogP contribution in [0.1, 0.15) is 33.8 Å². The van der Waals surface area contributed by atoms with Gasteiger partial charge in [0.2, 0.25) is 5.91 Å². The number of benzene rings is 2. The lowest BCUT2D eigenvalue weighted by atomic mass is 10.1. The second-order valence-electron chi connectivity index (χ2n) is 6.37. The molecule has 2 atom stereocenters. The van der Waals surface area contributed by atoms with E-state index < -0.39 is 5.97 Å². The zero-order valence-electron chi connectivity index (χ0n) is 14.4. The van der Waals surface area contributed by atoms with Crippen molar-refractivity contribution in [1.82, 2.24) is 5.32 Å². The van der Waals surface area contributed by atoms with Crippen LogP contribution in [0.2, 0.25) is 0 Å². The Hall–Kier alpha value is -2.89. The molecule has 6 heteroatoms. The van der Waals surface area contributed by atoms with Crippen LogP contribution < -0.4 is 10.1 Å². The number of rotatable bonds is 7. The number of halogens is 1. The zero-order chi connectivity index (χ0) is 18.7. The van der Waals surface area contributed by atoms with Crippen molar-refractivity contribution in [2.24, 2.45) is 5.92 Å². The molecule has 2 unspecified atom stereocenters. The van der Waals surface area contributed by atoms with Crippen LogP contribution in [0, 0.1) is 11.7 Å². The van der Waals surface area contributed by atoms with Gasteiger partial charge in [-0.15, -0.1) is 0 Å². The second kappa shape index (κ2) is 7.56. The molecule has 2 N–H and O–H groups in total. The SMILES string of the molecule is COc1cc(C(=O)O)ccc1CCNC(=O)C1CC1c1ccc(F)cc1. The fourth-order valence-electron chi connectivity index (χ4n) is 3.10. The first-order valence-corrected chi connectivity index (χ1v) is 8.43. The Labute approximate surface area is 150 Å². The summed E-state index contributed by atoms with van der Waals surface area (Å²) in [5.74, 6) is -0.728. The van der Waals surface area contributed by atoms with Gasteiger partial charge >= 0.3 is 5.97 Å². The van der Waals surface area contributed by atoms with Gasteiger partial charge in [0.25, 0.3) is 0 Å². The molecule has 0 radical (unpaired) electrons. The highest BCUT2D eigenvalue weighted by atomic mass is 19.1. The molecule has 1 aliphatic carbocycles. The number of hydrogen-bond acceptors (Lipinski definition) is 3. The Morgan fingerprint density at radius 2 is 1.96 bits per heavy atom. The Kier molecular flexibility index (Phi) is 5.21. The van der Waals surface area contributed by atoms with E-state index in [1.54, 1.807) is 18.2 Å². The van der Waals surface area contributed by atoms with E-state index in [2.05, 4.69) is 5.32 Å². The maximum atomic E-state index is 13.0. The van der Waals surface area contributed by atoms with Gasteiger partial charge in [0.15, 0.2) is 0 Å². The van der Waals surface area contributed by atoms with Gasteiger partial charge in [0, 0.05) is 12.5 Å². The summed E-state index contributed by atoms with van der Waals surface area (Å²) in [5, 5.41) is 11.9. The Balaban J connectivity index is 1.52. The van der Waals surface area contributed by atoms with Gasteiger partial charge in [0.05, 0.1) is 12.7 Å². The van der Waals surface area contributed by atoms with Gasteiger partial charge < -0.3 is 15.2 Å². The van der Waals surface area contributed by atoms with Gasteiger partial charge in [-0.1, -0.05) is 18.2 Å². The summed E-state index contributed by atoms with van der Waals surface area (Å²) >= 11 is 0. The standard InChI is InChI=1S/C20H20FNO4/c1-26-18-10-14(20(24)25)3-2-13(18)8-9-22-19(23)17-11-16(17)12-4-6-15(21)7-5-12/h2-7,10,16-17H,8-9,11H2,1H3,(H,22,23)(H,24,25). The van der Waals surface area contributed by atoms with Crippen molar-refractivity contribution >= 4 is 11.9 Å². The van der Waals surface area contributed by atoms with Crippen molar-refractivity contribution in [1.29, 1.82) is 0 Å². The molecule has 0 saturated heterocycles. The van der Waals surface area contributed by atoms with E-state index in [0.717, 1.165) is 17.5 Å². The molecule has 2 aromatic carbocycles. The summed E-state index contributed by atoms with van der Waals surface area (Å²) in [4.78, 5) is 23.2. The van der Waals surface area contributed by atoms with Gasteiger partial charge in [-0.3, -0.25) is 4.79 Å². The molecule has 1 fully saturated rings. The van der Waals surface area contributed by atoms with Crippen molar-refractivity contribution in [3.05, 3.63) is 65.0 Å². The van der Waals surface area contributed by atoms with Crippen molar-refractivity contribution in [3.63, 3.8) is 0 Å². The lowest BCUT2D eigenvalue weighted by Gasteiger charge is -2.10. The first-order valence-electron chi connectivity index (χ1n) is 8.43. The monoisotopic (exact) mass is 357 g/mol. The molecule has 3 rings (SSSR count). The fraction of sp³-hybridized carbons (Fsp3) is 0.300. The predicted octanol–water partition coefficient (Wildman–Crippen LogP) is 2.99. The van der Waals surface area contributed by atoms with Crippen molar-refractivity contribution in [3.8, 4) is 5.75 Å². The highest BCUT2D eigenvalue weighted by Gasteiger charge is 2.43. The van der Waals surface area contributed by atoms with Gasteiger partial charge in [-0.2, -0.15) is 0 Å². The van der Waals surface area contributed by atoms with Gasteiger partial charge in [-0.05, 0) is 54.2 Å². The summed E-state index contributed by atoms with van der Waals surface area (Å²) in [6.45, 7) is 0.439. The minimum atomic E-state index is -1.01. The van der Waals surface area contributed by atoms with E-state index in [4.69, 9.17) is 9.84 Å². The van der Waals surface area contributed by atoms with Crippen LogP contribution >= 0.6 is 0 Å². The molecule has 0 aromatic heterocycles. The predicted molar refractivity (Wildman–Crippen MR) is 93.9 cm³/mol. The maximum absolute atomic E-state index is 13.0. The van der Waals surface area contributed by atoms with Crippen LogP contribution in [0.3, 0.4) is 0 Å². The number of nitrogens with one attached hydrogen (secondary N) is 1. The van der Waals surface area contributed by atoms with Crippen LogP contribution in [0.15, 0.2) is 42.5 Å². The van der Waals surface area contributed by atoms with Crippen LogP contribution in [-0.4, -0.2) is 30.6 Å². The Morgan fingerprint density at radius 1 is 1.23 bits per heavy atom. The number of carboxylic acid groups (broad SMARTS) is 1. The third-order valence-electron chi connectivity index (χ3n) is 4.65. The van der Waals surface area contributed by atoms with E-state index >= 15 is 0 Å². The summed E-state index contributed by atoms with van der Waals surface area (Å²) < 4.78 is 18.2. The molecule has 0 bridgehead atoms. The van der Waals surface area contributed by atoms with Crippen LogP contribution in [0.5, 0.6) is 5.75 Å². The summed E-state index contributed by atoms with van der Waals surface area (Å²) in [6.07, 6.45) is 1.32. The van der Waals surface area contributed by atoms with Crippen molar-refractivity contribution < 1.29 is 23.8 Å². The molecular formula is C20H20FNO4. The zero-order valence-corrected chi connectivity index (χ0v) is 14.4. The first kappa shape index (κ1) is 17.9. The quantitative estimate of drug-likeness (QED) is 0.799. The lowest BCUT2D eigenvalue weighted by molar-refractivity contribution is -0.122. The van der Waals surface area contributed by atoms with E-state index in [1.165, 1.54) is 31.4 Å². The molecule has 0 heterocycles. The maximum Gasteiger partial charge on any atom is 0.335 e. The first-order chi connectivity index (χ1) is 12.5. The molecule has 1 aliphatic rings. The molecule has 1 saturated carbocycles. The number of carbonyl (C=O) groups excluding carboxylic acids is 1. The number of ether oxygens (including phenoxy) is 1. The fourth-order valence-corrected chi connectivity index (χ4v) is 3.10. The number of methoxy groups -OCH3 is 1. The molecule has 136 valence electrons. The van der Waals surface area contributed by atoms with Gasteiger partial charge in [0.1, 0.15) is 11.6 Å². The normalized spacial score (nSPS) is 18.2. The Bertz CT molecular complexity index is 819. The smallest absolute Gasteiger partial charge is 0.335 e. The number of aromatic carboxylic acids is 1. The van der Waals surface area contributed by atoms with Crippen molar-refractivity contribution in [2.75, 3.05) is 13.7 Å². The van der Waals surface area contributed by atoms with Crippen LogP contribution in [0.4, 0.5) is 4.39 Å². The molecule has 5 nitrogen and oxygen atoms in total. The highest BCUT2D eigenvalue weighted by molar-refractivity contribution is 5.88. The third kappa shape index (κ3) is 4.02. The molecule has 26 heavy (non-hydrogen) atoms. The minimum absolute atomic E-state index is 0.0135. The summed E-state index contributed by atoms with van der Waals surface area (Å²) in [5.41, 5.74) is 1.98. The largest absolute Gasteiger partial charge is 0.496 e. The molecule has 1 amide bonds. The van der Waals surface area contributed by atoms with Crippen molar-refractivity contribution in [2.45, 2.75) is 18.8 Å². The molecule has 0 aliphatic heterocycles. The number of amides is 1. The van der Waals surface area contributed by atoms with E-state index in [1.807, 2.05) is 0 Å². The summed E-state index contributed by atoms with van der Waals surface area (Å²) in [6, 6.07) is 11.0. The second-order valence-corrected chi connectivity index (χ2v) is 6.37. The van der Waals surface area contributed by atoms with Crippen LogP contribution in [-0.2, 0) is 11.2 Å². The van der Waals surface area contributed by atoms with Gasteiger partial charge in [-0.25, -0.2) is 9.18 Å². The average Bonchev–Trinajstić information content (AvgIpc) is 3.43. The minimum Gasteiger partial charge on any atom is -0.496 e. The lowest BCUT2D eigenvalue weighted by Crippen LogP contribution is -2.27.